The average molecular weight is 270 g/mol. The molecule has 0 saturated heterocycles. The van der Waals surface area contributed by atoms with Crippen LogP contribution in [0.1, 0.15) is 23.6 Å². The van der Waals surface area contributed by atoms with E-state index in [9.17, 15) is 9.59 Å². The Labute approximate surface area is 110 Å². The molecule has 0 aromatic carbocycles. The standard InChI is InChI=1S/C12H18N2O3S/c1-8-5-6-9(18-8)7-13-11(17)14(4)12(2,3)10(15)16/h5-6H,7H2,1-4H3,(H,13,17)(H,15,16). The molecule has 6 heteroatoms. The van der Waals surface area contributed by atoms with Crippen LogP contribution in [-0.2, 0) is 11.3 Å². The Hall–Kier alpha value is -1.56. The lowest BCUT2D eigenvalue weighted by Crippen LogP contribution is -2.53. The molecule has 1 rings (SSSR count). The Morgan fingerprint density at radius 2 is 2.06 bits per heavy atom. The van der Waals surface area contributed by atoms with Gasteiger partial charge < -0.3 is 15.3 Å². The van der Waals surface area contributed by atoms with Gasteiger partial charge in [-0.25, -0.2) is 9.59 Å². The second kappa shape index (κ2) is 5.39. The van der Waals surface area contributed by atoms with Crippen LogP contribution in [0.5, 0.6) is 0 Å². The van der Waals surface area contributed by atoms with Gasteiger partial charge in [-0.15, -0.1) is 11.3 Å². The fraction of sp³-hybridized carbons (Fsp3) is 0.500. The lowest BCUT2D eigenvalue weighted by molar-refractivity contribution is -0.146. The van der Waals surface area contributed by atoms with Crippen LogP contribution in [0.15, 0.2) is 12.1 Å². The number of likely N-dealkylation sites (N-methyl/N-ethyl adjacent to an activating group) is 1. The Bertz CT molecular complexity index is 454. The molecule has 0 aliphatic carbocycles. The first-order chi connectivity index (χ1) is 8.25. The van der Waals surface area contributed by atoms with Gasteiger partial charge in [0, 0.05) is 16.8 Å². The molecular weight excluding hydrogens is 252 g/mol. The van der Waals surface area contributed by atoms with Crippen LogP contribution in [0.2, 0.25) is 0 Å². The number of aliphatic carboxylic acids is 1. The number of rotatable bonds is 4. The zero-order valence-electron chi connectivity index (χ0n) is 11.0. The van der Waals surface area contributed by atoms with Gasteiger partial charge in [-0.3, -0.25) is 0 Å². The van der Waals surface area contributed by atoms with Gasteiger partial charge in [0.2, 0.25) is 0 Å². The van der Waals surface area contributed by atoms with Gasteiger partial charge >= 0.3 is 12.0 Å². The Kier molecular flexibility index (Phi) is 4.34. The predicted octanol–water partition coefficient (Wildman–Crippen LogP) is 2.06. The van der Waals surface area contributed by atoms with Crippen LogP contribution in [0.3, 0.4) is 0 Å². The molecule has 1 aromatic heterocycles. The number of carboxylic acid groups (broad SMARTS) is 1. The minimum atomic E-state index is -1.23. The van der Waals surface area contributed by atoms with Gasteiger partial charge in [-0.2, -0.15) is 0 Å². The molecule has 0 unspecified atom stereocenters. The second-order valence-corrected chi connectivity index (χ2v) is 5.97. The third kappa shape index (κ3) is 3.22. The van der Waals surface area contributed by atoms with Gasteiger partial charge in [0.25, 0.3) is 0 Å². The van der Waals surface area contributed by atoms with E-state index in [1.165, 1.54) is 30.7 Å². The van der Waals surface area contributed by atoms with Crippen molar-refractivity contribution >= 4 is 23.3 Å². The highest BCUT2D eigenvalue weighted by Gasteiger charge is 2.35. The first-order valence-electron chi connectivity index (χ1n) is 5.55. The highest BCUT2D eigenvalue weighted by molar-refractivity contribution is 7.11. The van der Waals surface area contributed by atoms with Crippen molar-refractivity contribution in [2.24, 2.45) is 0 Å². The topological polar surface area (TPSA) is 69.6 Å². The predicted molar refractivity (Wildman–Crippen MR) is 70.8 cm³/mol. The smallest absolute Gasteiger partial charge is 0.329 e. The van der Waals surface area contributed by atoms with E-state index in [0.29, 0.717) is 6.54 Å². The zero-order valence-corrected chi connectivity index (χ0v) is 11.8. The molecule has 1 heterocycles. The van der Waals surface area contributed by atoms with Crippen molar-refractivity contribution < 1.29 is 14.7 Å². The number of carbonyl (C=O) groups excluding carboxylic acids is 1. The summed E-state index contributed by atoms with van der Waals surface area (Å²) in [6.45, 7) is 5.39. The van der Waals surface area contributed by atoms with Crippen LogP contribution in [0.25, 0.3) is 0 Å². The fourth-order valence-electron chi connectivity index (χ4n) is 1.26. The molecule has 18 heavy (non-hydrogen) atoms. The zero-order chi connectivity index (χ0) is 13.9. The Morgan fingerprint density at radius 3 is 2.50 bits per heavy atom. The molecule has 5 nitrogen and oxygen atoms in total. The van der Waals surface area contributed by atoms with E-state index in [0.717, 1.165) is 4.88 Å². The van der Waals surface area contributed by atoms with E-state index in [4.69, 9.17) is 5.11 Å². The van der Waals surface area contributed by atoms with Crippen molar-refractivity contribution in [2.45, 2.75) is 32.9 Å². The molecule has 0 fully saturated rings. The highest BCUT2D eigenvalue weighted by atomic mass is 32.1. The minimum absolute atomic E-state index is 0.395. The SMILES string of the molecule is Cc1ccc(CNC(=O)N(C)C(C)(C)C(=O)O)s1. The number of aryl methyl sites for hydroxylation is 1. The van der Waals surface area contributed by atoms with Crippen LogP contribution in [0, 0.1) is 6.92 Å². The van der Waals surface area contributed by atoms with Gasteiger partial charge in [0.1, 0.15) is 5.54 Å². The number of thiophene rings is 1. The van der Waals surface area contributed by atoms with Crippen molar-refractivity contribution in [1.82, 2.24) is 10.2 Å². The van der Waals surface area contributed by atoms with Crippen molar-refractivity contribution in [3.05, 3.63) is 21.9 Å². The average Bonchev–Trinajstić information content (AvgIpc) is 2.70. The van der Waals surface area contributed by atoms with Crippen molar-refractivity contribution in [2.75, 3.05) is 7.05 Å². The number of urea groups is 1. The number of nitrogens with one attached hydrogen (secondary N) is 1. The van der Waals surface area contributed by atoms with E-state index in [-0.39, 0.29) is 0 Å². The van der Waals surface area contributed by atoms with Gasteiger partial charge in [-0.05, 0) is 32.9 Å². The summed E-state index contributed by atoms with van der Waals surface area (Å²) in [7, 11) is 1.48. The number of amides is 2. The van der Waals surface area contributed by atoms with Crippen LogP contribution in [0.4, 0.5) is 4.79 Å². The lowest BCUT2D eigenvalue weighted by Gasteiger charge is -2.31. The van der Waals surface area contributed by atoms with E-state index in [1.807, 2.05) is 19.1 Å². The first kappa shape index (κ1) is 14.5. The van der Waals surface area contributed by atoms with Gasteiger partial charge in [0.15, 0.2) is 0 Å². The molecule has 0 atom stereocenters. The second-order valence-electron chi connectivity index (χ2n) is 4.59. The van der Waals surface area contributed by atoms with E-state index < -0.39 is 17.5 Å². The molecule has 1 aromatic rings. The summed E-state index contributed by atoms with van der Waals surface area (Å²) in [6.07, 6.45) is 0. The van der Waals surface area contributed by atoms with Crippen LogP contribution < -0.4 is 5.32 Å². The number of carbonyl (C=O) groups is 2. The first-order valence-corrected chi connectivity index (χ1v) is 6.37. The van der Waals surface area contributed by atoms with E-state index in [1.54, 1.807) is 11.3 Å². The molecule has 100 valence electrons. The number of hydrogen-bond acceptors (Lipinski definition) is 3. The van der Waals surface area contributed by atoms with Crippen molar-refractivity contribution in [3.63, 3.8) is 0 Å². The normalized spacial score (nSPS) is 11.1. The van der Waals surface area contributed by atoms with Gasteiger partial charge in [-0.1, -0.05) is 0 Å². The summed E-state index contributed by atoms with van der Waals surface area (Å²) in [5.41, 5.74) is -1.23. The van der Waals surface area contributed by atoms with Crippen LogP contribution in [-0.4, -0.2) is 34.6 Å². The van der Waals surface area contributed by atoms with Crippen molar-refractivity contribution in [3.8, 4) is 0 Å². The summed E-state index contributed by atoms with van der Waals surface area (Å²) in [4.78, 5) is 26.3. The number of carboxylic acids is 1. The molecule has 2 N–H and O–H groups in total. The summed E-state index contributed by atoms with van der Waals surface area (Å²) < 4.78 is 0. The molecule has 0 saturated carbocycles. The molecule has 0 bridgehead atoms. The summed E-state index contributed by atoms with van der Waals surface area (Å²) in [5.74, 6) is -1.04. The lowest BCUT2D eigenvalue weighted by atomic mass is 10.1. The Morgan fingerprint density at radius 1 is 1.44 bits per heavy atom. The minimum Gasteiger partial charge on any atom is -0.480 e. The summed E-state index contributed by atoms with van der Waals surface area (Å²) in [5, 5.41) is 11.7. The van der Waals surface area contributed by atoms with Crippen LogP contribution >= 0.6 is 11.3 Å². The maximum atomic E-state index is 11.8. The van der Waals surface area contributed by atoms with Crippen molar-refractivity contribution in [1.29, 1.82) is 0 Å². The number of nitrogens with zero attached hydrogens (tertiary/aromatic N) is 1. The third-order valence-electron chi connectivity index (χ3n) is 2.88. The maximum absolute atomic E-state index is 11.8. The highest BCUT2D eigenvalue weighted by Crippen LogP contribution is 2.16. The summed E-state index contributed by atoms with van der Waals surface area (Å²) in [6, 6.07) is 3.54. The molecular formula is C12H18N2O3S. The van der Waals surface area contributed by atoms with E-state index in [2.05, 4.69) is 5.32 Å². The quantitative estimate of drug-likeness (QED) is 0.880. The fourth-order valence-corrected chi connectivity index (χ4v) is 2.09. The summed E-state index contributed by atoms with van der Waals surface area (Å²) >= 11 is 1.61. The Balaban J connectivity index is 2.58. The van der Waals surface area contributed by atoms with Gasteiger partial charge in [0.05, 0.1) is 6.54 Å². The molecule has 2 amide bonds. The van der Waals surface area contributed by atoms with E-state index >= 15 is 0 Å². The molecule has 0 aliphatic rings. The third-order valence-corrected chi connectivity index (χ3v) is 3.88. The molecule has 0 spiro atoms. The monoisotopic (exact) mass is 270 g/mol. The number of hydrogen-bond donors (Lipinski definition) is 2. The molecule has 0 radical (unpaired) electrons. The largest absolute Gasteiger partial charge is 0.480 e. The molecule has 0 aliphatic heterocycles. The maximum Gasteiger partial charge on any atom is 0.329 e.